The van der Waals surface area contributed by atoms with Crippen LogP contribution in [0.5, 0.6) is 11.5 Å². The highest BCUT2D eigenvalue weighted by molar-refractivity contribution is 6.09. The van der Waals surface area contributed by atoms with Crippen molar-refractivity contribution in [3.8, 4) is 11.5 Å². The van der Waals surface area contributed by atoms with Crippen LogP contribution < -0.4 is 14.8 Å². The number of benzene rings is 3. The quantitative estimate of drug-likeness (QED) is 0.375. The number of hydrogen-bond donors (Lipinski definition) is 1. The molecule has 1 saturated heterocycles. The van der Waals surface area contributed by atoms with Crippen LogP contribution >= 0.6 is 0 Å². The molecule has 7 nitrogen and oxygen atoms in total. The predicted molar refractivity (Wildman–Crippen MR) is 139 cm³/mol. The minimum atomic E-state index is -0.334. The maximum atomic E-state index is 13.3. The van der Waals surface area contributed by atoms with E-state index in [2.05, 4.69) is 10.2 Å². The third kappa shape index (κ3) is 4.67. The van der Waals surface area contributed by atoms with Crippen LogP contribution in [0.25, 0.3) is 11.0 Å². The van der Waals surface area contributed by atoms with Gasteiger partial charge >= 0.3 is 0 Å². The number of fused-ring (bicyclic) bond motifs is 1. The molecule has 1 atom stereocenters. The molecule has 1 N–H and O–H groups in total. The molecule has 7 heteroatoms. The molecule has 0 bridgehead atoms. The second-order valence-corrected chi connectivity index (χ2v) is 8.82. The first-order chi connectivity index (χ1) is 17.6. The van der Waals surface area contributed by atoms with Crippen LogP contribution in [0.3, 0.4) is 0 Å². The summed E-state index contributed by atoms with van der Waals surface area (Å²) in [5.41, 5.74) is 3.92. The van der Waals surface area contributed by atoms with Crippen LogP contribution in [0.4, 0.5) is 5.69 Å². The van der Waals surface area contributed by atoms with Crippen LogP contribution in [-0.2, 0) is 4.74 Å². The van der Waals surface area contributed by atoms with Crippen molar-refractivity contribution in [3.05, 3.63) is 89.2 Å². The lowest BCUT2D eigenvalue weighted by Gasteiger charge is -2.34. The Morgan fingerprint density at radius 1 is 0.972 bits per heavy atom. The Morgan fingerprint density at radius 3 is 2.44 bits per heavy atom. The van der Waals surface area contributed by atoms with Gasteiger partial charge in [-0.1, -0.05) is 29.8 Å². The second kappa shape index (κ2) is 10.4. The fourth-order valence-corrected chi connectivity index (χ4v) is 4.67. The van der Waals surface area contributed by atoms with Crippen molar-refractivity contribution in [2.45, 2.75) is 13.0 Å². The number of furan rings is 1. The second-order valence-electron chi connectivity index (χ2n) is 8.82. The Bertz CT molecular complexity index is 1360. The summed E-state index contributed by atoms with van der Waals surface area (Å²) < 4.78 is 23.5. The number of nitrogens with one attached hydrogen (secondary N) is 1. The number of anilines is 1. The summed E-state index contributed by atoms with van der Waals surface area (Å²) in [7, 11) is 3.30. The van der Waals surface area contributed by atoms with Gasteiger partial charge in [0.05, 0.1) is 39.2 Å². The van der Waals surface area contributed by atoms with E-state index in [0.717, 1.165) is 16.5 Å². The highest BCUT2D eigenvalue weighted by Crippen LogP contribution is 2.44. The summed E-state index contributed by atoms with van der Waals surface area (Å²) >= 11 is 0. The number of methoxy groups -OCH3 is 2. The standard InChI is InChI=1S/C29H30N2O5/c1-19-8-10-20(11-9-19)29(32)30-26-22-6-4-5-7-25(22)36-28(26)27(31-14-16-35-17-15-31)23-18-21(33-2)12-13-24(23)34-3/h4-13,18,27H,14-17H2,1-3H3,(H,30,32)/t27-/m1/s1. The first kappa shape index (κ1) is 23.9. The highest BCUT2D eigenvalue weighted by Gasteiger charge is 2.33. The molecule has 0 radical (unpaired) electrons. The number of aryl methyl sites for hydroxylation is 1. The van der Waals surface area contributed by atoms with Crippen molar-refractivity contribution in [3.63, 3.8) is 0 Å². The largest absolute Gasteiger partial charge is 0.497 e. The van der Waals surface area contributed by atoms with Crippen molar-refractivity contribution >= 4 is 22.6 Å². The molecule has 186 valence electrons. The first-order valence-electron chi connectivity index (χ1n) is 12.0. The van der Waals surface area contributed by atoms with E-state index in [0.29, 0.717) is 60.4 Å². The number of para-hydroxylation sites is 1. The van der Waals surface area contributed by atoms with Crippen molar-refractivity contribution in [1.82, 2.24) is 4.90 Å². The molecule has 4 aromatic rings. The average Bonchev–Trinajstić information content (AvgIpc) is 3.27. The number of carbonyl (C=O) groups excluding carboxylic acids is 1. The molecule has 2 heterocycles. The Hall–Kier alpha value is -3.81. The van der Waals surface area contributed by atoms with Crippen LogP contribution in [-0.4, -0.2) is 51.3 Å². The van der Waals surface area contributed by atoms with E-state index in [4.69, 9.17) is 18.6 Å². The van der Waals surface area contributed by atoms with Crippen LogP contribution in [0.15, 0.2) is 71.1 Å². The summed E-state index contributed by atoms with van der Waals surface area (Å²) in [6.45, 7) is 4.61. The van der Waals surface area contributed by atoms with Crippen LogP contribution in [0.2, 0.25) is 0 Å². The molecule has 0 aliphatic carbocycles. The molecule has 5 rings (SSSR count). The molecule has 0 spiro atoms. The van der Waals surface area contributed by atoms with Gasteiger partial charge in [0.15, 0.2) is 5.76 Å². The Labute approximate surface area is 210 Å². The summed E-state index contributed by atoms with van der Waals surface area (Å²) in [6.07, 6.45) is 0. The Balaban J connectivity index is 1.67. The van der Waals surface area contributed by atoms with E-state index in [9.17, 15) is 4.79 Å². The van der Waals surface area contributed by atoms with Gasteiger partial charge in [-0.05, 0) is 49.4 Å². The smallest absolute Gasteiger partial charge is 0.255 e. The number of nitrogens with zero attached hydrogens (tertiary/aromatic N) is 1. The molecule has 1 aromatic heterocycles. The Morgan fingerprint density at radius 2 is 1.72 bits per heavy atom. The third-order valence-electron chi connectivity index (χ3n) is 6.57. The molecule has 0 unspecified atom stereocenters. The SMILES string of the molecule is COc1ccc(OC)c([C@H](c2oc3ccccc3c2NC(=O)c2ccc(C)cc2)N2CCOCC2)c1. The molecular formula is C29H30N2O5. The lowest BCUT2D eigenvalue weighted by atomic mass is 9.98. The van der Waals surface area contributed by atoms with Gasteiger partial charge in [-0.3, -0.25) is 9.69 Å². The van der Waals surface area contributed by atoms with Crippen molar-refractivity contribution in [2.75, 3.05) is 45.8 Å². The number of rotatable bonds is 7. The van der Waals surface area contributed by atoms with Crippen molar-refractivity contribution in [2.24, 2.45) is 0 Å². The van der Waals surface area contributed by atoms with Crippen molar-refractivity contribution < 1.29 is 23.4 Å². The maximum Gasteiger partial charge on any atom is 0.255 e. The van der Waals surface area contributed by atoms with Crippen molar-refractivity contribution in [1.29, 1.82) is 0 Å². The molecule has 1 fully saturated rings. The molecule has 36 heavy (non-hydrogen) atoms. The topological polar surface area (TPSA) is 73.2 Å². The van der Waals surface area contributed by atoms with Crippen LogP contribution in [0, 0.1) is 6.92 Å². The summed E-state index contributed by atoms with van der Waals surface area (Å²) in [4.78, 5) is 15.6. The number of amides is 1. The lowest BCUT2D eigenvalue weighted by molar-refractivity contribution is 0.0201. The fourth-order valence-electron chi connectivity index (χ4n) is 4.67. The zero-order valence-electron chi connectivity index (χ0n) is 20.7. The van der Waals surface area contributed by atoms with E-state index in [1.54, 1.807) is 14.2 Å². The van der Waals surface area contributed by atoms with Gasteiger partial charge in [-0.2, -0.15) is 0 Å². The van der Waals surface area contributed by atoms with Gasteiger partial charge < -0.3 is 23.9 Å². The summed E-state index contributed by atoms with van der Waals surface area (Å²) in [5, 5.41) is 4.00. The fraction of sp³-hybridized carbons (Fsp3) is 0.276. The van der Waals surface area contributed by atoms with Gasteiger partial charge in [0.2, 0.25) is 0 Å². The van der Waals surface area contributed by atoms with Gasteiger partial charge in [-0.25, -0.2) is 0 Å². The maximum absolute atomic E-state index is 13.3. The lowest BCUT2D eigenvalue weighted by Crippen LogP contribution is -2.39. The van der Waals surface area contributed by atoms with E-state index < -0.39 is 0 Å². The molecule has 1 aliphatic heterocycles. The van der Waals surface area contributed by atoms with Crippen LogP contribution in [0.1, 0.15) is 33.3 Å². The highest BCUT2D eigenvalue weighted by atomic mass is 16.5. The molecule has 1 amide bonds. The summed E-state index contributed by atoms with van der Waals surface area (Å²) in [6, 6.07) is 20.7. The van der Waals surface area contributed by atoms with Gasteiger partial charge in [0.25, 0.3) is 5.91 Å². The number of morpholine rings is 1. The number of carbonyl (C=O) groups is 1. The summed E-state index contributed by atoms with van der Waals surface area (Å²) in [5.74, 6) is 1.88. The molecular weight excluding hydrogens is 456 g/mol. The zero-order valence-corrected chi connectivity index (χ0v) is 20.7. The first-order valence-corrected chi connectivity index (χ1v) is 12.0. The van der Waals surface area contributed by atoms with E-state index in [1.807, 2.05) is 73.7 Å². The van der Waals surface area contributed by atoms with Gasteiger partial charge in [0.1, 0.15) is 17.1 Å². The predicted octanol–water partition coefficient (Wildman–Crippen LogP) is 5.43. The molecule has 3 aromatic carbocycles. The molecule has 0 saturated carbocycles. The van der Waals surface area contributed by atoms with E-state index >= 15 is 0 Å². The zero-order chi connectivity index (χ0) is 25.1. The average molecular weight is 487 g/mol. The monoisotopic (exact) mass is 486 g/mol. The van der Waals surface area contributed by atoms with Gasteiger partial charge in [0, 0.05) is 29.6 Å². The normalized spacial score (nSPS) is 15.0. The van der Waals surface area contributed by atoms with E-state index in [-0.39, 0.29) is 11.9 Å². The van der Waals surface area contributed by atoms with E-state index in [1.165, 1.54) is 0 Å². The Kier molecular flexibility index (Phi) is 6.93. The number of ether oxygens (including phenoxy) is 3. The minimum absolute atomic E-state index is 0.193. The van der Waals surface area contributed by atoms with Gasteiger partial charge in [-0.15, -0.1) is 0 Å². The number of hydrogen-bond acceptors (Lipinski definition) is 6. The third-order valence-corrected chi connectivity index (χ3v) is 6.57. The minimum Gasteiger partial charge on any atom is -0.497 e. The molecule has 1 aliphatic rings.